The van der Waals surface area contributed by atoms with Gasteiger partial charge in [-0.3, -0.25) is 14.7 Å². The number of nitro groups is 1. The predicted molar refractivity (Wildman–Crippen MR) is 104 cm³/mol. The Kier molecular flexibility index (Phi) is 5.07. The number of nitrogen functional groups attached to an aromatic ring is 1. The van der Waals surface area contributed by atoms with Gasteiger partial charge in [0.15, 0.2) is 0 Å². The molecular weight excluding hydrogens is 420 g/mol. The highest BCUT2D eigenvalue weighted by Crippen LogP contribution is 2.40. The van der Waals surface area contributed by atoms with Crippen LogP contribution in [0.3, 0.4) is 0 Å². The first-order chi connectivity index (χ1) is 14.0. The summed E-state index contributed by atoms with van der Waals surface area (Å²) >= 11 is 0. The highest BCUT2D eigenvalue weighted by atomic mass is 32.2. The third-order valence-electron chi connectivity index (χ3n) is 4.05. The van der Waals surface area contributed by atoms with Gasteiger partial charge in [0.1, 0.15) is 17.1 Å². The van der Waals surface area contributed by atoms with Crippen molar-refractivity contribution in [1.82, 2.24) is 0 Å². The van der Waals surface area contributed by atoms with E-state index in [2.05, 4.69) is 10.2 Å². The summed E-state index contributed by atoms with van der Waals surface area (Å²) < 4.78 is 31.9. The molecule has 0 saturated carbocycles. The Bertz CT molecular complexity index is 1350. The Labute approximate surface area is 167 Å². The standard InChI is InChI=1S/C17H12N4O8S/c18-12-4-1-8-5-10(30(27,28)29)7-14(22)15(8)16(12)20-19-13-6-9(21(25)26)2-3-11(13)17(23)24/h1-7,22H,18H2,(H,23,24)(H,27,28,29)/b20-19+. The van der Waals surface area contributed by atoms with Gasteiger partial charge in [-0.1, -0.05) is 6.07 Å². The Morgan fingerprint density at radius 2 is 1.80 bits per heavy atom. The lowest BCUT2D eigenvalue weighted by atomic mass is 10.1. The van der Waals surface area contributed by atoms with Crippen molar-refractivity contribution in [2.45, 2.75) is 4.90 Å². The molecule has 0 amide bonds. The van der Waals surface area contributed by atoms with E-state index in [4.69, 9.17) is 5.73 Å². The van der Waals surface area contributed by atoms with Crippen molar-refractivity contribution in [3.63, 3.8) is 0 Å². The van der Waals surface area contributed by atoms with Crippen LogP contribution in [-0.4, -0.2) is 34.1 Å². The molecule has 5 N–H and O–H groups in total. The van der Waals surface area contributed by atoms with Crippen LogP contribution in [0.25, 0.3) is 10.8 Å². The minimum Gasteiger partial charge on any atom is -0.507 e. The molecule has 0 aliphatic carbocycles. The van der Waals surface area contributed by atoms with Crippen molar-refractivity contribution in [3.05, 3.63) is 58.1 Å². The van der Waals surface area contributed by atoms with Gasteiger partial charge in [-0.25, -0.2) is 4.79 Å². The monoisotopic (exact) mass is 432 g/mol. The number of hydrogen-bond acceptors (Lipinski definition) is 9. The van der Waals surface area contributed by atoms with Crippen LogP contribution in [0.15, 0.2) is 57.6 Å². The second kappa shape index (κ2) is 7.38. The number of phenolic OH excluding ortho intramolecular Hbond substituents is 1. The van der Waals surface area contributed by atoms with Gasteiger partial charge in [0, 0.05) is 18.2 Å². The molecule has 154 valence electrons. The minimum absolute atomic E-state index is 0.00321. The summed E-state index contributed by atoms with van der Waals surface area (Å²) in [4.78, 5) is 21.0. The van der Waals surface area contributed by atoms with E-state index in [-0.39, 0.29) is 33.4 Å². The molecule has 3 aromatic carbocycles. The molecule has 13 heteroatoms. The molecule has 0 saturated heterocycles. The van der Waals surface area contributed by atoms with Crippen molar-refractivity contribution < 1.29 is 32.9 Å². The van der Waals surface area contributed by atoms with Crippen LogP contribution in [0.2, 0.25) is 0 Å². The molecule has 0 atom stereocenters. The van der Waals surface area contributed by atoms with Crippen LogP contribution in [0.4, 0.5) is 22.7 Å². The largest absolute Gasteiger partial charge is 0.507 e. The number of rotatable bonds is 5. The zero-order chi connectivity index (χ0) is 22.2. The smallest absolute Gasteiger partial charge is 0.337 e. The van der Waals surface area contributed by atoms with E-state index in [1.807, 2.05) is 0 Å². The molecular formula is C17H12N4O8S. The number of nitro benzene ring substituents is 1. The Balaban J connectivity index is 2.22. The van der Waals surface area contributed by atoms with E-state index < -0.39 is 37.3 Å². The summed E-state index contributed by atoms with van der Waals surface area (Å²) in [6.45, 7) is 0. The molecule has 0 aromatic heterocycles. The third kappa shape index (κ3) is 3.87. The summed E-state index contributed by atoms with van der Waals surface area (Å²) in [5.41, 5.74) is 4.63. The lowest BCUT2D eigenvalue weighted by Crippen LogP contribution is -1.98. The van der Waals surface area contributed by atoms with Gasteiger partial charge in [0.25, 0.3) is 15.8 Å². The molecule has 0 bridgehead atoms. The van der Waals surface area contributed by atoms with Crippen LogP contribution in [0, 0.1) is 10.1 Å². The van der Waals surface area contributed by atoms with Gasteiger partial charge in [-0.05, 0) is 23.6 Å². The van der Waals surface area contributed by atoms with E-state index >= 15 is 0 Å². The van der Waals surface area contributed by atoms with Gasteiger partial charge in [-0.2, -0.15) is 8.42 Å². The summed E-state index contributed by atoms with van der Waals surface area (Å²) in [7, 11) is -4.60. The summed E-state index contributed by atoms with van der Waals surface area (Å²) in [6.07, 6.45) is 0. The molecule has 0 heterocycles. The lowest BCUT2D eigenvalue weighted by molar-refractivity contribution is -0.384. The van der Waals surface area contributed by atoms with Crippen molar-refractivity contribution in [3.8, 4) is 5.75 Å². The fourth-order valence-corrected chi connectivity index (χ4v) is 3.21. The van der Waals surface area contributed by atoms with Crippen molar-refractivity contribution in [2.75, 3.05) is 5.73 Å². The van der Waals surface area contributed by atoms with Gasteiger partial charge in [-0.15, -0.1) is 10.2 Å². The van der Waals surface area contributed by atoms with Crippen LogP contribution in [0.5, 0.6) is 5.75 Å². The lowest BCUT2D eigenvalue weighted by Gasteiger charge is -2.09. The molecule has 0 unspecified atom stereocenters. The SMILES string of the molecule is Nc1ccc2cc(S(=O)(=O)O)cc(O)c2c1/N=N/c1cc([N+](=O)[O-])ccc1C(=O)O. The van der Waals surface area contributed by atoms with E-state index in [0.29, 0.717) is 0 Å². The number of anilines is 1. The molecule has 0 spiro atoms. The molecule has 3 rings (SSSR count). The number of azo groups is 1. The Morgan fingerprint density at radius 3 is 2.40 bits per heavy atom. The zero-order valence-corrected chi connectivity index (χ0v) is 15.6. The summed E-state index contributed by atoms with van der Waals surface area (Å²) in [5.74, 6) is -1.98. The molecule has 0 fully saturated rings. The molecule has 0 aliphatic rings. The molecule has 0 aliphatic heterocycles. The van der Waals surface area contributed by atoms with Crippen LogP contribution < -0.4 is 5.73 Å². The number of nitrogens with two attached hydrogens (primary N) is 1. The van der Waals surface area contributed by atoms with Gasteiger partial charge in [0.2, 0.25) is 0 Å². The number of benzene rings is 3. The highest BCUT2D eigenvalue weighted by molar-refractivity contribution is 7.85. The first-order valence-corrected chi connectivity index (χ1v) is 9.39. The first kappa shape index (κ1) is 20.6. The molecule has 12 nitrogen and oxygen atoms in total. The number of aromatic carboxylic acids is 1. The topological polar surface area (TPSA) is 206 Å². The predicted octanol–water partition coefficient (Wildman–Crippen LogP) is 3.40. The summed E-state index contributed by atoms with van der Waals surface area (Å²) in [5, 5.41) is 38.2. The fourth-order valence-electron chi connectivity index (χ4n) is 2.67. The van der Waals surface area contributed by atoms with Crippen molar-refractivity contribution in [2.24, 2.45) is 10.2 Å². The van der Waals surface area contributed by atoms with Crippen molar-refractivity contribution >= 4 is 49.6 Å². The van der Waals surface area contributed by atoms with Crippen molar-refractivity contribution in [1.29, 1.82) is 0 Å². The Morgan fingerprint density at radius 1 is 1.10 bits per heavy atom. The number of phenols is 1. The third-order valence-corrected chi connectivity index (χ3v) is 4.88. The molecule has 0 radical (unpaired) electrons. The van der Waals surface area contributed by atoms with E-state index in [1.165, 1.54) is 12.1 Å². The van der Waals surface area contributed by atoms with E-state index in [9.17, 15) is 38.1 Å². The fraction of sp³-hybridized carbons (Fsp3) is 0. The number of non-ortho nitro benzene ring substituents is 1. The number of carboxylic acids is 1. The van der Waals surface area contributed by atoms with Crippen LogP contribution in [-0.2, 0) is 10.1 Å². The maximum atomic E-state index is 11.4. The van der Waals surface area contributed by atoms with Gasteiger partial charge < -0.3 is 15.9 Å². The zero-order valence-electron chi connectivity index (χ0n) is 14.8. The molecule has 3 aromatic rings. The van der Waals surface area contributed by atoms with E-state index in [1.54, 1.807) is 0 Å². The Hall–Kier alpha value is -4.10. The van der Waals surface area contributed by atoms with Crippen LogP contribution >= 0.6 is 0 Å². The maximum absolute atomic E-state index is 11.4. The average Bonchev–Trinajstić information content (AvgIpc) is 2.66. The number of carboxylic acid groups (broad SMARTS) is 1. The average molecular weight is 432 g/mol. The first-order valence-electron chi connectivity index (χ1n) is 7.95. The van der Waals surface area contributed by atoms with E-state index in [0.717, 1.165) is 30.3 Å². The van der Waals surface area contributed by atoms with Gasteiger partial charge >= 0.3 is 5.97 Å². The minimum atomic E-state index is -4.60. The normalized spacial score (nSPS) is 11.8. The van der Waals surface area contributed by atoms with Gasteiger partial charge in [0.05, 0.1) is 26.5 Å². The maximum Gasteiger partial charge on any atom is 0.337 e. The van der Waals surface area contributed by atoms with Crippen LogP contribution in [0.1, 0.15) is 10.4 Å². The second-order valence-electron chi connectivity index (χ2n) is 5.98. The number of hydrogen-bond donors (Lipinski definition) is 4. The quantitative estimate of drug-likeness (QED) is 0.153. The number of nitrogens with zero attached hydrogens (tertiary/aromatic N) is 3. The summed E-state index contributed by atoms with van der Waals surface area (Å²) in [6, 6.07) is 7.45. The molecule has 30 heavy (non-hydrogen) atoms. The number of aromatic hydroxyl groups is 1. The number of fused-ring (bicyclic) bond motifs is 1. The highest BCUT2D eigenvalue weighted by Gasteiger charge is 2.18. The number of carbonyl (C=O) groups is 1. The second-order valence-corrected chi connectivity index (χ2v) is 7.40.